The summed E-state index contributed by atoms with van der Waals surface area (Å²) in [5.74, 6) is -0.194. The monoisotopic (exact) mass is 312 g/mol. The first-order chi connectivity index (χ1) is 10.9. The van der Waals surface area contributed by atoms with Crippen molar-refractivity contribution in [2.24, 2.45) is 5.41 Å². The van der Waals surface area contributed by atoms with E-state index in [-0.39, 0.29) is 16.8 Å². The molecule has 1 spiro atoms. The molecule has 0 bridgehead atoms. The van der Waals surface area contributed by atoms with Gasteiger partial charge in [-0.25, -0.2) is 4.79 Å². The highest BCUT2D eigenvalue weighted by Crippen LogP contribution is 2.61. The van der Waals surface area contributed by atoms with Gasteiger partial charge in [0.25, 0.3) is 0 Å². The van der Waals surface area contributed by atoms with Gasteiger partial charge in [0, 0.05) is 17.4 Å². The maximum absolute atomic E-state index is 12.5. The van der Waals surface area contributed by atoms with Gasteiger partial charge in [0.05, 0.1) is 18.1 Å². The fraction of sp³-hybridized carbons (Fsp3) is 0.526. The quantitative estimate of drug-likeness (QED) is 0.810. The van der Waals surface area contributed by atoms with Crippen LogP contribution in [0.4, 0.5) is 5.69 Å². The number of carbonyl (C=O) groups excluding carboxylic acids is 1. The zero-order valence-corrected chi connectivity index (χ0v) is 14.3. The minimum Gasteiger partial charge on any atom is -0.466 e. The van der Waals surface area contributed by atoms with Crippen molar-refractivity contribution >= 4 is 11.7 Å². The molecule has 2 heterocycles. The molecule has 122 valence electrons. The van der Waals surface area contributed by atoms with E-state index < -0.39 is 0 Å². The number of likely N-dealkylation sites (tertiary alicyclic amines) is 1. The van der Waals surface area contributed by atoms with Crippen molar-refractivity contribution in [1.82, 2.24) is 4.90 Å². The number of para-hydroxylation sites is 1. The van der Waals surface area contributed by atoms with Crippen molar-refractivity contribution in [3.05, 3.63) is 41.1 Å². The number of rotatable bonds is 1. The summed E-state index contributed by atoms with van der Waals surface area (Å²) in [5, 5.41) is 3.57. The van der Waals surface area contributed by atoms with Crippen molar-refractivity contribution < 1.29 is 9.53 Å². The Morgan fingerprint density at radius 3 is 2.83 bits per heavy atom. The van der Waals surface area contributed by atoms with E-state index in [1.165, 1.54) is 12.7 Å². The van der Waals surface area contributed by atoms with E-state index in [9.17, 15) is 4.79 Å². The zero-order valence-electron chi connectivity index (χ0n) is 14.3. The summed E-state index contributed by atoms with van der Waals surface area (Å²) in [4.78, 5) is 15.0. The highest BCUT2D eigenvalue weighted by Gasteiger charge is 2.62. The lowest BCUT2D eigenvalue weighted by Crippen LogP contribution is -2.54. The van der Waals surface area contributed by atoms with E-state index in [1.54, 1.807) is 0 Å². The molecular weight excluding hydrogens is 288 g/mol. The van der Waals surface area contributed by atoms with E-state index in [4.69, 9.17) is 4.74 Å². The van der Waals surface area contributed by atoms with E-state index in [2.05, 4.69) is 55.4 Å². The fourth-order valence-electron chi connectivity index (χ4n) is 5.45. The summed E-state index contributed by atoms with van der Waals surface area (Å²) in [5.41, 5.74) is 4.27. The van der Waals surface area contributed by atoms with Gasteiger partial charge in [-0.2, -0.15) is 0 Å². The van der Waals surface area contributed by atoms with Crippen LogP contribution in [0.5, 0.6) is 0 Å². The van der Waals surface area contributed by atoms with Crippen molar-refractivity contribution in [3.63, 3.8) is 0 Å². The Hall–Kier alpha value is -1.81. The van der Waals surface area contributed by atoms with E-state index >= 15 is 0 Å². The lowest BCUT2D eigenvalue weighted by atomic mass is 9.58. The SMILES string of the molecule is COC(=O)C1=C2Nc3ccccc3C23CCN(C)C3C(C)(C)C1. The Bertz CT molecular complexity index is 722. The van der Waals surface area contributed by atoms with Crippen molar-refractivity contribution in [2.45, 2.75) is 38.1 Å². The van der Waals surface area contributed by atoms with Gasteiger partial charge >= 0.3 is 5.97 Å². The average molecular weight is 312 g/mol. The van der Waals surface area contributed by atoms with Gasteiger partial charge in [-0.3, -0.25) is 0 Å². The second kappa shape index (κ2) is 4.60. The van der Waals surface area contributed by atoms with Crippen LogP contribution < -0.4 is 5.32 Å². The van der Waals surface area contributed by atoms with E-state index in [0.717, 1.165) is 36.3 Å². The molecule has 0 saturated carbocycles. The molecule has 0 radical (unpaired) electrons. The number of hydrogen-bond donors (Lipinski definition) is 1. The Kier molecular flexibility index (Phi) is 2.95. The van der Waals surface area contributed by atoms with Crippen LogP contribution in [0.2, 0.25) is 0 Å². The third kappa shape index (κ3) is 1.73. The fourth-order valence-corrected chi connectivity index (χ4v) is 5.45. The predicted octanol–water partition coefficient (Wildman–Crippen LogP) is 2.91. The molecule has 1 aliphatic carbocycles. The molecule has 3 aliphatic rings. The number of fused-ring (bicyclic) bond motifs is 1. The van der Waals surface area contributed by atoms with Crippen LogP contribution in [-0.2, 0) is 14.9 Å². The van der Waals surface area contributed by atoms with Gasteiger partial charge in [-0.15, -0.1) is 0 Å². The number of nitrogens with zero attached hydrogens (tertiary/aromatic N) is 1. The normalized spacial score (nSPS) is 31.2. The molecule has 1 N–H and O–H groups in total. The van der Waals surface area contributed by atoms with Crippen LogP contribution in [0.3, 0.4) is 0 Å². The summed E-state index contributed by atoms with van der Waals surface area (Å²) < 4.78 is 5.11. The van der Waals surface area contributed by atoms with Crippen LogP contribution in [0.25, 0.3) is 0 Å². The smallest absolute Gasteiger partial charge is 0.335 e. The number of hydrogen-bond acceptors (Lipinski definition) is 4. The first-order valence-corrected chi connectivity index (χ1v) is 8.30. The highest BCUT2D eigenvalue weighted by atomic mass is 16.5. The molecule has 2 atom stereocenters. The summed E-state index contributed by atoms with van der Waals surface area (Å²) in [6.07, 6.45) is 1.78. The van der Waals surface area contributed by atoms with Crippen LogP contribution in [0.15, 0.2) is 35.5 Å². The Morgan fingerprint density at radius 2 is 2.09 bits per heavy atom. The van der Waals surface area contributed by atoms with Gasteiger partial charge in [-0.1, -0.05) is 32.0 Å². The lowest BCUT2D eigenvalue weighted by Gasteiger charge is -2.49. The molecule has 4 nitrogen and oxygen atoms in total. The zero-order chi connectivity index (χ0) is 16.4. The lowest BCUT2D eigenvalue weighted by molar-refractivity contribution is -0.137. The number of carbonyl (C=O) groups is 1. The maximum atomic E-state index is 12.5. The van der Waals surface area contributed by atoms with Gasteiger partial charge < -0.3 is 15.0 Å². The Labute approximate surface area is 137 Å². The first-order valence-electron chi connectivity index (χ1n) is 8.30. The maximum Gasteiger partial charge on any atom is 0.335 e. The second-order valence-electron chi connectivity index (χ2n) is 7.79. The summed E-state index contributed by atoms with van der Waals surface area (Å²) in [6, 6.07) is 8.88. The molecule has 1 aromatic carbocycles. The van der Waals surface area contributed by atoms with Crippen LogP contribution in [-0.4, -0.2) is 37.6 Å². The number of nitrogens with one attached hydrogen (secondary N) is 1. The molecule has 0 aromatic heterocycles. The Balaban J connectivity index is 2.03. The number of likely N-dealkylation sites (N-methyl/N-ethyl adjacent to an activating group) is 1. The number of esters is 1. The largest absolute Gasteiger partial charge is 0.466 e. The number of anilines is 1. The van der Waals surface area contributed by atoms with E-state index in [0.29, 0.717) is 6.04 Å². The standard InChI is InChI=1S/C19H24N2O2/c1-18(2)11-12(16(22)23-4)15-19(9-10-21(3)17(18)19)13-7-5-6-8-14(13)20-15/h5-8,17,20H,9-11H2,1-4H3. The predicted molar refractivity (Wildman–Crippen MR) is 90.2 cm³/mol. The van der Waals surface area contributed by atoms with Crippen molar-refractivity contribution in [1.29, 1.82) is 0 Å². The molecule has 0 amide bonds. The van der Waals surface area contributed by atoms with Gasteiger partial charge in [0.2, 0.25) is 0 Å². The third-order valence-electron chi connectivity index (χ3n) is 5.99. The minimum absolute atomic E-state index is 0.0113. The molecule has 1 fully saturated rings. The van der Waals surface area contributed by atoms with Crippen molar-refractivity contribution in [3.8, 4) is 0 Å². The molecule has 4 rings (SSSR count). The molecule has 4 heteroatoms. The molecule has 23 heavy (non-hydrogen) atoms. The molecule has 2 aliphatic heterocycles. The highest BCUT2D eigenvalue weighted by molar-refractivity contribution is 5.93. The molecule has 1 aromatic rings. The molecular formula is C19H24N2O2. The number of methoxy groups -OCH3 is 1. The molecule has 2 unspecified atom stereocenters. The van der Waals surface area contributed by atoms with Crippen LogP contribution in [0.1, 0.15) is 32.3 Å². The number of ether oxygens (including phenoxy) is 1. The van der Waals surface area contributed by atoms with E-state index in [1.807, 2.05) is 0 Å². The Morgan fingerprint density at radius 1 is 1.35 bits per heavy atom. The van der Waals surface area contributed by atoms with Crippen LogP contribution >= 0.6 is 0 Å². The first kappa shape index (κ1) is 14.8. The average Bonchev–Trinajstić information content (AvgIpc) is 3.05. The number of benzene rings is 1. The van der Waals surface area contributed by atoms with Gasteiger partial charge in [0.1, 0.15) is 0 Å². The summed E-state index contributed by atoms with van der Waals surface area (Å²) in [7, 11) is 3.69. The summed E-state index contributed by atoms with van der Waals surface area (Å²) in [6.45, 7) is 5.60. The third-order valence-corrected chi connectivity index (χ3v) is 5.99. The minimum atomic E-state index is -0.194. The molecule has 1 saturated heterocycles. The van der Waals surface area contributed by atoms with Gasteiger partial charge in [0.15, 0.2) is 0 Å². The topological polar surface area (TPSA) is 41.6 Å². The van der Waals surface area contributed by atoms with Crippen LogP contribution in [0, 0.1) is 5.41 Å². The van der Waals surface area contributed by atoms with Gasteiger partial charge in [-0.05, 0) is 43.5 Å². The van der Waals surface area contributed by atoms with Crippen molar-refractivity contribution in [2.75, 3.05) is 26.0 Å². The summed E-state index contributed by atoms with van der Waals surface area (Å²) >= 11 is 0. The second-order valence-corrected chi connectivity index (χ2v) is 7.79.